The smallest absolute Gasteiger partial charge is 0.307 e. The molecule has 1 rings (SSSR count). The molecule has 0 aromatic carbocycles. The Morgan fingerprint density at radius 1 is 1.67 bits per heavy atom. The molecule has 4 nitrogen and oxygen atoms in total. The van der Waals surface area contributed by atoms with Crippen LogP contribution in [0.1, 0.15) is 17.9 Å². The van der Waals surface area contributed by atoms with E-state index in [2.05, 4.69) is 11.6 Å². The second-order valence-corrected chi connectivity index (χ2v) is 3.32. The van der Waals surface area contributed by atoms with E-state index in [0.717, 1.165) is 11.5 Å². The lowest BCUT2D eigenvalue weighted by molar-refractivity contribution is -0.142. The molecule has 0 spiro atoms. The maximum Gasteiger partial charge on any atom is 0.307 e. The standard InChI is InChI=1S/C11H16N2O2/c1-4-7-15-11(14)5-6-13-9(2)8-12-10(13)3/h4,8H,1,5-7H2,2-3H3. The van der Waals surface area contributed by atoms with Gasteiger partial charge < -0.3 is 9.30 Å². The average Bonchev–Trinajstić information content (AvgIpc) is 2.53. The molecular weight excluding hydrogens is 192 g/mol. The highest BCUT2D eigenvalue weighted by molar-refractivity contribution is 5.69. The predicted molar refractivity (Wildman–Crippen MR) is 57.5 cm³/mol. The first kappa shape index (κ1) is 11.5. The van der Waals surface area contributed by atoms with Crippen LogP contribution in [-0.4, -0.2) is 22.1 Å². The summed E-state index contributed by atoms with van der Waals surface area (Å²) in [6.07, 6.45) is 3.72. The highest BCUT2D eigenvalue weighted by Gasteiger charge is 2.06. The van der Waals surface area contributed by atoms with Gasteiger partial charge in [0.05, 0.1) is 6.42 Å². The van der Waals surface area contributed by atoms with Gasteiger partial charge in [0.1, 0.15) is 12.4 Å². The first-order valence-electron chi connectivity index (χ1n) is 4.90. The zero-order chi connectivity index (χ0) is 11.3. The normalized spacial score (nSPS) is 10.0. The number of carbonyl (C=O) groups is 1. The molecule has 0 amide bonds. The fourth-order valence-electron chi connectivity index (χ4n) is 1.35. The lowest BCUT2D eigenvalue weighted by Gasteiger charge is -2.07. The minimum atomic E-state index is -0.206. The molecular formula is C11H16N2O2. The molecule has 0 saturated carbocycles. The second kappa shape index (κ2) is 5.34. The van der Waals surface area contributed by atoms with Crippen LogP contribution >= 0.6 is 0 Å². The van der Waals surface area contributed by atoms with Gasteiger partial charge in [-0.1, -0.05) is 12.7 Å². The van der Waals surface area contributed by atoms with E-state index in [-0.39, 0.29) is 12.6 Å². The van der Waals surface area contributed by atoms with Gasteiger partial charge in [-0.15, -0.1) is 0 Å². The first-order chi connectivity index (χ1) is 7.15. The summed E-state index contributed by atoms with van der Waals surface area (Å²) >= 11 is 0. The summed E-state index contributed by atoms with van der Waals surface area (Å²) in [6, 6.07) is 0. The Hall–Kier alpha value is -1.58. The highest BCUT2D eigenvalue weighted by Crippen LogP contribution is 2.04. The fraction of sp³-hybridized carbons (Fsp3) is 0.455. The number of carbonyl (C=O) groups excluding carboxylic acids is 1. The number of hydrogen-bond acceptors (Lipinski definition) is 3. The van der Waals surface area contributed by atoms with Crippen molar-refractivity contribution in [3.05, 3.63) is 30.4 Å². The van der Waals surface area contributed by atoms with Crippen molar-refractivity contribution < 1.29 is 9.53 Å². The van der Waals surface area contributed by atoms with E-state index in [1.54, 1.807) is 12.3 Å². The molecule has 1 aromatic rings. The minimum absolute atomic E-state index is 0.206. The topological polar surface area (TPSA) is 44.1 Å². The van der Waals surface area contributed by atoms with Crippen molar-refractivity contribution in [1.29, 1.82) is 0 Å². The monoisotopic (exact) mass is 208 g/mol. The second-order valence-electron chi connectivity index (χ2n) is 3.32. The van der Waals surface area contributed by atoms with Gasteiger partial charge in [-0.3, -0.25) is 4.79 Å². The van der Waals surface area contributed by atoms with E-state index in [0.29, 0.717) is 13.0 Å². The molecule has 15 heavy (non-hydrogen) atoms. The van der Waals surface area contributed by atoms with E-state index < -0.39 is 0 Å². The number of esters is 1. The summed E-state index contributed by atoms with van der Waals surface area (Å²) in [5, 5.41) is 0. The van der Waals surface area contributed by atoms with Gasteiger partial charge in [0.25, 0.3) is 0 Å². The van der Waals surface area contributed by atoms with E-state index >= 15 is 0 Å². The SMILES string of the molecule is C=CCOC(=O)CCn1c(C)cnc1C. The van der Waals surface area contributed by atoms with Gasteiger partial charge in [-0.05, 0) is 13.8 Å². The lowest BCUT2D eigenvalue weighted by atomic mass is 10.4. The lowest BCUT2D eigenvalue weighted by Crippen LogP contribution is -2.11. The third-order valence-corrected chi connectivity index (χ3v) is 2.16. The molecule has 0 unspecified atom stereocenters. The highest BCUT2D eigenvalue weighted by atomic mass is 16.5. The molecule has 0 N–H and O–H groups in total. The number of hydrogen-bond donors (Lipinski definition) is 0. The number of ether oxygens (including phenoxy) is 1. The van der Waals surface area contributed by atoms with Gasteiger partial charge in [-0.2, -0.15) is 0 Å². The third-order valence-electron chi connectivity index (χ3n) is 2.16. The number of nitrogens with zero attached hydrogens (tertiary/aromatic N) is 2. The molecule has 0 saturated heterocycles. The Balaban J connectivity index is 2.43. The zero-order valence-corrected chi connectivity index (χ0v) is 9.19. The summed E-state index contributed by atoms with van der Waals surface area (Å²) in [7, 11) is 0. The number of rotatable bonds is 5. The average molecular weight is 208 g/mol. The summed E-state index contributed by atoms with van der Waals surface area (Å²) < 4.78 is 6.87. The van der Waals surface area contributed by atoms with Crippen molar-refractivity contribution in [3.63, 3.8) is 0 Å². The molecule has 4 heteroatoms. The molecule has 82 valence electrons. The van der Waals surface area contributed by atoms with Gasteiger partial charge in [-0.25, -0.2) is 4.98 Å². The molecule has 0 aliphatic carbocycles. The largest absolute Gasteiger partial charge is 0.461 e. The van der Waals surface area contributed by atoms with Gasteiger partial charge in [0, 0.05) is 18.4 Å². The summed E-state index contributed by atoms with van der Waals surface area (Å²) in [5.74, 6) is 0.714. The Bertz CT molecular complexity index is 336. The molecule has 0 aliphatic rings. The molecule has 0 aliphatic heterocycles. The van der Waals surface area contributed by atoms with Crippen LogP contribution in [-0.2, 0) is 16.1 Å². The molecule has 1 aromatic heterocycles. The van der Waals surface area contributed by atoms with Crippen LogP contribution in [0, 0.1) is 13.8 Å². The van der Waals surface area contributed by atoms with Crippen molar-refractivity contribution in [2.24, 2.45) is 0 Å². The van der Waals surface area contributed by atoms with Crippen molar-refractivity contribution >= 4 is 5.97 Å². The molecule has 0 radical (unpaired) electrons. The molecule has 0 bridgehead atoms. The Kier molecular flexibility index (Phi) is 4.09. The van der Waals surface area contributed by atoms with Crippen LogP contribution in [0.3, 0.4) is 0 Å². The van der Waals surface area contributed by atoms with E-state index in [9.17, 15) is 4.79 Å². The predicted octanol–water partition coefficient (Wildman–Crippen LogP) is 1.62. The fourth-order valence-corrected chi connectivity index (χ4v) is 1.35. The van der Waals surface area contributed by atoms with Crippen LogP contribution in [0.15, 0.2) is 18.9 Å². The van der Waals surface area contributed by atoms with Crippen molar-refractivity contribution in [3.8, 4) is 0 Å². The summed E-state index contributed by atoms with van der Waals surface area (Å²) in [5.41, 5.74) is 1.06. The van der Waals surface area contributed by atoms with Crippen molar-refractivity contribution in [2.45, 2.75) is 26.8 Å². The van der Waals surface area contributed by atoms with Gasteiger partial charge >= 0.3 is 5.97 Å². The molecule has 0 atom stereocenters. The van der Waals surface area contributed by atoms with Crippen molar-refractivity contribution in [2.75, 3.05) is 6.61 Å². The van der Waals surface area contributed by atoms with Crippen LogP contribution < -0.4 is 0 Å². The first-order valence-corrected chi connectivity index (χ1v) is 4.90. The van der Waals surface area contributed by atoms with Crippen LogP contribution in [0.25, 0.3) is 0 Å². The minimum Gasteiger partial charge on any atom is -0.461 e. The number of imidazole rings is 1. The van der Waals surface area contributed by atoms with E-state index in [1.165, 1.54) is 0 Å². The van der Waals surface area contributed by atoms with Gasteiger partial charge in [0.2, 0.25) is 0 Å². The van der Waals surface area contributed by atoms with Crippen LogP contribution in [0.4, 0.5) is 0 Å². The quantitative estimate of drug-likeness (QED) is 0.545. The zero-order valence-electron chi connectivity index (χ0n) is 9.19. The third kappa shape index (κ3) is 3.23. The van der Waals surface area contributed by atoms with E-state index in [4.69, 9.17) is 4.74 Å². The molecule has 1 heterocycles. The summed E-state index contributed by atoms with van der Waals surface area (Å²) in [4.78, 5) is 15.4. The Morgan fingerprint density at radius 3 is 2.93 bits per heavy atom. The van der Waals surface area contributed by atoms with E-state index in [1.807, 2.05) is 18.4 Å². The van der Waals surface area contributed by atoms with Gasteiger partial charge in [0.15, 0.2) is 0 Å². The van der Waals surface area contributed by atoms with Crippen LogP contribution in [0.5, 0.6) is 0 Å². The molecule has 0 fully saturated rings. The number of aromatic nitrogens is 2. The maximum atomic E-state index is 11.2. The summed E-state index contributed by atoms with van der Waals surface area (Å²) in [6.45, 7) is 8.26. The van der Waals surface area contributed by atoms with Crippen LogP contribution in [0.2, 0.25) is 0 Å². The van der Waals surface area contributed by atoms with Crippen molar-refractivity contribution in [1.82, 2.24) is 9.55 Å². The Morgan fingerprint density at radius 2 is 2.40 bits per heavy atom. The number of aryl methyl sites for hydroxylation is 2. The Labute approximate surface area is 89.6 Å². The maximum absolute atomic E-state index is 11.2.